The Kier molecular flexibility index (Phi) is 4.57. The fourth-order valence-electron chi connectivity index (χ4n) is 6.01. The van der Waals surface area contributed by atoms with E-state index in [1.54, 1.807) is 0 Å². The maximum atomic E-state index is 13.0. The average molecular weight is 420 g/mol. The number of carbonyl (C=O) groups is 1. The molecule has 6 rings (SSSR count). The van der Waals surface area contributed by atoms with Crippen molar-refractivity contribution in [3.63, 3.8) is 0 Å². The molecule has 4 heterocycles. The lowest BCUT2D eigenvalue weighted by atomic mass is 9.95. The minimum atomic E-state index is 0.193. The Bertz CT molecular complexity index is 972. The van der Waals surface area contributed by atoms with Gasteiger partial charge in [0.05, 0.1) is 11.4 Å². The highest BCUT2D eigenvalue weighted by Gasteiger charge is 2.42. The molecule has 0 N–H and O–H groups in total. The summed E-state index contributed by atoms with van der Waals surface area (Å²) in [6.07, 6.45) is 7.37. The smallest absolute Gasteiger partial charge is 0.253 e. The number of carbonyl (C=O) groups excluding carboxylic acids is 1. The first-order valence-electron chi connectivity index (χ1n) is 11.4. The number of amides is 1. The van der Waals surface area contributed by atoms with Gasteiger partial charge in [0.2, 0.25) is 0 Å². The van der Waals surface area contributed by atoms with Gasteiger partial charge in [0.15, 0.2) is 0 Å². The van der Waals surface area contributed by atoms with Gasteiger partial charge in [-0.05, 0) is 75.9 Å². The van der Waals surface area contributed by atoms with E-state index in [1.165, 1.54) is 46.8 Å². The van der Waals surface area contributed by atoms with E-state index in [1.807, 2.05) is 16.7 Å². The molecule has 4 aliphatic heterocycles. The number of piperidine rings is 1. The molecule has 2 bridgehead atoms. The van der Waals surface area contributed by atoms with Gasteiger partial charge in [-0.2, -0.15) is 0 Å². The molecule has 1 amide bonds. The monoisotopic (exact) mass is 419 g/mol. The molecule has 3 fully saturated rings. The van der Waals surface area contributed by atoms with E-state index in [4.69, 9.17) is 0 Å². The first-order valence-corrected chi connectivity index (χ1v) is 12.2. The molecule has 0 saturated carbocycles. The van der Waals surface area contributed by atoms with Crippen LogP contribution in [-0.2, 0) is 0 Å². The summed E-state index contributed by atoms with van der Waals surface area (Å²) >= 11 is 1.82. The van der Waals surface area contributed by atoms with Crippen LogP contribution >= 0.6 is 11.8 Å². The topological polar surface area (TPSA) is 26.8 Å². The van der Waals surface area contributed by atoms with Crippen molar-refractivity contribution in [3.8, 4) is 0 Å². The highest BCUT2D eigenvalue weighted by Crippen LogP contribution is 2.51. The minimum Gasteiger partial charge on any atom is -0.339 e. The summed E-state index contributed by atoms with van der Waals surface area (Å²) in [5, 5.41) is 0. The van der Waals surface area contributed by atoms with E-state index < -0.39 is 0 Å². The lowest BCUT2D eigenvalue weighted by Crippen LogP contribution is -2.48. The summed E-state index contributed by atoms with van der Waals surface area (Å²) < 4.78 is 0. The quantitative estimate of drug-likeness (QED) is 0.673. The first-order chi connectivity index (χ1) is 14.7. The summed E-state index contributed by atoms with van der Waals surface area (Å²) in [5.74, 6) is 0.193. The molecule has 156 valence electrons. The van der Waals surface area contributed by atoms with Gasteiger partial charge in [0.1, 0.15) is 0 Å². The van der Waals surface area contributed by atoms with Crippen molar-refractivity contribution < 1.29 is 4.79 Å². The second-order valence-corrected chi connectivity index (χ2v) is 10.4. The molecule has 30 heavy (non-hydrogen) atoms. The molecule has 2 atom stereocenters. The zero-order valence-corrected chi connectivity index (χ0v) is 18.4. The van der Waals surface area contributed by atoms with Crippen LogP contribution < -0.4 is 4.90 Å². The van der Waals surface area contributed by atoms with Crippen LogP contribution in [0, 0.1) is 0 Å². The van der Waals surface area contributed by atoms with Gasteiger partial charge in [-0.3, -0.25) is 4.79 Å². The second-order valence-electron chi connectivity index (χ2n) is 9.30. The number of para-hydroxylation sites is 1. The van der Waals surface area contributed by atoms with Gasteiger partial charge >= 0.3 is 0 Å². The van der Waals surface area contributed by atoms with Crippen molar-refractivity contribution in [2.24, 2.45) is 0 Å². The molecule has 0 radical (unpaired) electrons. The van der Waals surface area contributed by atoms with Crippen molar-refractivity contribution in [2.45, 2.75) is 66.4 Å². The number of rotatable bonds is 2. The van der Waals surface area contributed by atoms with Gasteiger partial charge in [-0.15, -0.1) is 0 Å². The van der Waals surface area contributed by atoms with Crippen molar-refractivity contribution in [3.05, 3.63) is 48.0 Å². The minimum absolute atomic E-state index is 0.193. The van der Waals surface area contributed by atoms with Crippen molar-refractivity contribution in [1.82, 2.24) is 9.80 Å². The highest BCUT2D eigenvalue weighted by molar-refractivity contribution is 7.99. The van der Waals surface area contributed by atoms with Crippen LogP contribution in [0.15, 0.2) is 52.3 Å². The lowest BCUT2D eigenvalue weighted by Gasteiger charge is -2.45. The predicted octanol–water partition coefficient (Wildman–Crippen LogP) is 5.15. The molecule has 4 aliphatic rings. The molecule has 0 aliphatic carbocycles. The summed E-state index contributed by atoms with van der Waals surface area (Å²) in [4.78, 5) is 22.7. The van der Waals surface area contributed by atoms with Crippen LogP contribution in [0.25, 0.3) is 0 Å². The molecule has 5 heteroatoms. The number of fused-ring (bicyclic) bond motifs is 4. The van der Waals surface area contributed by atoms with Crippen LogP contribution in [0.5, 0.6) is 0 Å². The Morgan fingerprint density at radius 3 is 2.37 bits per heavy atom. The third-order valence-electron chi connectivity index (χ3n) is 7.64. The fourth-order valence-corrected chi connectivity index (χ4v) is 7.12. The number of anilines is 2. The normalized spacial score (nSPS) is 27.8. The van der Waals surface area contributed by atoms with Gasteiger partial charge in [0, 0.05) is 46.6 Å². The maximum absolute atomic E-state index is 13.0. The Morgan fingerprint density at radius 1 is 0.900 bits per heavy atom. The van der Waals surface area contributed by atoms with E-state index in [0.717, 1.165) is 31.5 Å². The SMILES string of the molecule is CN1C2CCC1CC(N1c3ccccc3Sc3cc(C(=O)N4CCCC4)ccc31)C2. The number of nitrogens with zero attached hydrogens (tertiary/aromatic N) is 3. The van der Waals surface area contributed by atoms with Crippen LogP contribution in [-0.4, -0.2) is 54.0 Å². The van der Waals surface area contributed by atoms with Crippen molar-refractivity contribution >= 4 is 29.0 Å². The van der Waals surface area contributed by atoms with Crippen LogP contribution in [0.1, 0.15) is 48.9 Å². The molecule has 2 aromatic carbocycles. The molecule has 3 saturated heterocycles. The maximum Gasteiger partial charge on any atom is 0.253 e. The Morgan fingerprint density at radius 2 is 1.60 bits per heavy atom. The molecule has 2 unspecified atom stereocenters. The molecular weight excluding hydrogens is 390 g/mol. The third-order valence-corrected chi connectivity index (χ3v) is 8.75. The molecule has 4 nitrogen and oxygen atoms in total. The predicted molar refractivity (Wildman–Crippen MR) is 122 cm³/mol. The zero-order valence-electron chi connectivity index (χ0n) is 17.6. The number of benzene rings is 2. The van der Waals surface area contributed by atoms with Crippen molar-refractivity contribution in [1.29, 1.82) is 0 Å². The molecule has 2 aromatic rings. The zero-order chi connectivity index (χ0) is 20.2. The van der Waals surface area contributed by atoms with E-state index >= 15 is 0 Å². The van der Waals surface area contributed by atoms with Crippen LogP contribution in [0.4, 0.5) is 11.4 Å². The Hall–Kier alpha value is -1.98. The summed E-state index contributed by atoms with van der Waals surface area (Å²) in [6, 6.07) is 17.1. The van der Waals surface area contributed by atoms with Gasteiger partial charge in [-0.25, -0.2) is 0 Å². The van der Waals surface area contributed by atoms with Crippen molar-refractivity contribution in [2.75, 3.05) is 25.0 Å². The largest absolute Gasteiger partial charge is 0.339 e. The Balaban J connectivity index is 1.38. The third kappa shape index (κ3) is 2.97. The van der Waals surface area contributed by atoms with Gasteiger partial charge in [-0.1, -0.05) is 23.9 Å². The molecular formula is C25H29N3OS. The second kappa shape index (κ2) is 7.31. The highest BCUT2D eigenvalue weighted by atomic mass is 32.2. The molecule has 0 aromatic heterocycles. The lowest BCUT2D eigenvalue weighted by molar-refractivity contribution is 0.0792. The summed E-state index contributed by atoms with van der Waals surface area (Å²) in [5.41, 5.74) is 3.46. The van der Waals surface area contributed by atoms with Crippen LogP contribution in [0.3, 0.4) is 0 Å². The Labute approximate surface area is 183 Å². The summed E-state index contributed by atoms with van der Waals surface area (Å²) in [6.45, 7) is 1.80. The van der Waals surface area contributed by atoms with E-state index in [2.05, 4.69) is 59.3 Å². The fraction of sp³-hybridized carbons (Fsp3) is 0.480. The average Bonchev–Trinajstić information content (AvgIpc) is 3.36. The molecule has 0 spiro atoms. The number of likely N-dealkylation sites (tertiary alicyclic amines) is 1. The number of hydrogen-bond acceptors (Lipinski definition) is 4. The standard InChI is InChI=1S/C25H29N3OS/c1-26-18-9-10-19(26)16-20(15-18)28-21-6-2-3-7-23(21)30-24-14-17(8-11-22(24)28)25(29)27-12-4-5-13-27/h2-3,6-8,11,14,18-20H,4-5,9-10,12-13,15-16H2,1H3. The van der Waals surface area contributed by atoms with E-state index in [-0.39, 0.29) is 5.91 Å². The first kappa shape index (κ1) is 18.8. The number of hydrogen-bond donors (Lipinski definition) is 0. The summed E-state index contributed by atoms with van der Waals surface area (Å²) in [7, 11) is 2.31. The van der Waals surface area contributed by atoms with E-state index in [0.29, 0.717) is 18.1 Å². The van der Waals surface area contributed by atoms with E-state index in [9.17, 15) is 4.79 Å². The van der Waals surface area contributed by atoms with Gasteiger partial charge < -0.3 is 14.7 Å². The van der Waals surface area contributed by atoms with Gasteiger partial charge in [0.25, 0.3) is 5.91 Å². The van der Waals surface area contributed by atoms with Crippen LogP contribution in [0.2, 0.25) is 0 Å².